The van der Waals surface area contributed by atoms with Crippen LogP contribution in [0.1, 0.15) is 38.6 Å². The van der Waals surface area contributed by atoms with Crippen LogP contribution < -0.4 is 14.8 Å². The molecule has 0 bridgehead atoms. The van der Waals surface area contributed by atoms with Crippen molar-refractivity contribution in [3.05, 3.63) is 29.3 Å². The number of anilines is 1. The predicted molar refractivity (Wildman–Crippen MR) is 115 cm³/mol. The second kappa shape index (κ2) is 9.54. The Labute approximate surface area is 176 Å². The zero-order chi connectivity index (χ0) is 20.9. The highest BCUT2D eigenvalue weighted by atomic mass is 32.1. The van der Waals surface area contributed by atoms with E-state index in [1.165, 1.54) is 24.2 Å². The molecule has 1 N–H and O–H groups in total. The van der Waals surface area contributed by atoms with Crippen molar-refractivity contribution in [1.82, 2.24) is 15.1 Å². The molecule has 0 aliphatic carbocycles. The minimum atomic E-state index is -1.05. The number of piperidine rings is 1. The van der Waals surface area contributed by atoms with Crippen LogP contribution in [-0.4, -0.2) is 53.3 Å². The standard InChI is InChI=1S/C21H30N4O3S/c1-15-9-12-25(13-10-15)14-11-18-23-24-20(29-18)22-19(26)21(2,3)28-17-7-5-16(27-4)6-8-17/h5-8,15H,9-14H2,1-4H3,(H,22,24,26). The van der Waals surface area contributed by atoms with Crippen molar-refractivity contribution in [3.63, 3.8) is 0 Å². The van der Waals surface area contributed by atoms with Crippen molar-refractivity contribution >= 4 is 22.4 Å². The Morgan fingerprint density at radius 2 is 1.86 bits per heavy atom. The molecule has 1 aromatic heterocycles. The number of hydrogen-bond donors (Lipinski definition) is 1. The summed E-state index contributed by atoms with van der Waals surface area (Å²) in [6.07, 6.45) is 3.38. The van der Waals surface area contributed by atoms with Crippen LogP contribution in [0.4, 0.5) is 5.13 Å². The predicted octanol–water partition coefficient (Wildman–Crippen LogP) is 3.62. The van der Waals surface area contributed by atoms with Crippen LogP contribution in [0, 0.1) is 5.92 Å². The van der Waals surface area contributed by atoms with E-state index in [0.717, 1.165) is 42.7 Å². The number of carbonyl (C=O) groups is 1. The molecule has 1 amide bonds. The highest BCUT2D eigenvalue weighted by molar-refractivity contribution is 7.15. The Kier molecular flexibility index (Phi) is 7.08. The number of nitrogens with zero attached hydrogens (tertiary/aromatic N) is 3. The molecule has 29 heavy (non-hydrogen) atoms. The zero-order valence-corrected chi connectivity index (χ0v) is 18.4. The Bertz CT molecular complexity index is 799. The smallest absolute Gasteiger partial charge is 0.269 e. The summed E-state index contributed by atoms with van der Waals surface area (Å²) in [5.74, 6) is 1.90. The van der Waals surface area contributed by atoms with E-state index in [1.54, 1.807) is 45.2 Å². The van der Waals surface area contributed by atoms with E-state index in [9.17, 15) is 4.79 Å². The van der Waals surface area contributed by atoms with Gasteiger partial charge in [-0.2, -0.15) is 0 Å². The number of likely N-dealkylation sites (tertiary alicyclic amines) is 1. The maximum Gasteiger partial charge on any atom is 0.269 e. The lowest BCUT2D eigenvalue weighted by atomic mass is 9.99. The molecule has 1 aromatic carbocycles. The summed E-state index contributed by atoms with van der Waals surface area (Å²) in [7, 11) is 1.61. The average molecular weight is 419 g/mol. The monoisotopic (exact) mass is 418 g/mol. The molecule has 7 nitrogen and oxygen atoms in total. The van der Waals surface area contributed by atoms with Crippen LogP contribution in [0.2, 0.25) is 0 Å². The summed E-state index contributed by atoms with van der Waals surface area (Å²) < 4.78 is 11.0. The maximum atomic E-state index is 12.7. The highest BCUT2D eigenvalue weighted by Gasteiger charge is 2.31. The van der Waals surface area contributed by atoms with E-state index in [-0.39, 0.29) is 5.91 Å². The van der Waals surface area contributed by atoms with Crippen LogP contribution in [0.15, 0.2) is 24.3 Å². The van der Waals surface area contributed by atoms with Gasteiger partial charge in [0.25, 0.3) is 5.91 Å². The minimum absolute atomic E-state index is 0.263. The largest absolute Gasteiger partial charge is 0.497 e. The van der Waals surface area contributed by atoms with Gasteiger partial charge in [0.15, 0.2) is 5.60 Å². The second-order valence-electron chi connectivity index (χ2n) is 8.02. The highest BCUT2D eigenvalue weighted by Crippen LogP contribution is 2.24. The van der Waals surface area contributed by atoms with E-state index in [2.05, 4.69) is 27.3 Å². The molecule has 8 heteroatoms. The Morgan fingerprint density at radius 1 is 1.21 bits per heavy atom. The van der Waals surface area contributed by atoms with Crippen LogP contribution in [0.3, 0.4) is 0 Å². The van der Waals surface area contributed by atoms with E-state index in [0.29, 0.717) is 10.9 Å². The fraction of sp³-hybridized carbons (Fsp3) is 0.571. The minimum Gasteiger partial charge on any atom is -0.497 e. The van der Waals surface area contributed by atoms with E-state index < -0.39 is 5.60 Å². The van der Waals surface area contributed by atoms with Crippen LogP contribution in [-0.2, 0) is 11.2 Å². The molecule has 0 radical (unpaired) electrons. The van der Waals surface area contributed by atoms with Crippen molar-refractivity contribution in [2.45, 2.75) is 45.6 Å². The summed E-state index contributed by atoms with van der Waals surface area (Å²) in [5, 5.41) is 12.6. The van der Waals surface area contributed by atoms with Crippen molar-refractivity contribution < 1.29 is 14.3 Å². The third-order valence-electron chi connectivity index (χ3n) is 5.18. The first-order valence-corrected chi connectivity index (χ1v) is 10.9. The van der Waals surface area contributed by atoms with Gasteiger partial charge < -0.3 is 14.4 Å². The fourth-order valence-electron chi connectivity index (χ4n) is 3.18. The fourth-order valence-corrected chi connectivity index (χ4v) is 3.90. The molecule has 0 atom stereocenters. The van der Waals surface area contributed by atoms with Crippen molar-refractivity contribution in [2.75, 3.05) is 32.1 Å². The molecule has 0 unspecified atom stereocenters. The third kappa shape index (κ3) is 6.14. The Morgan fingerprint density at radius 3 is 2.52 bits per heavy atom. The lowest BCUT2D eigenvalue weighted by molar-refractivity contribution is -0.128. The number of aromatic nitrogens is 2. The van der Waals surface area contributed by atoms with Gasteiger partial charge in [0.05, 0.1) is 7.11 Å². The average Bonchev–Trinajstić information content (AvgIpc) is 3.15. The number of methoxy groups -OCH3 is 1. The van der Waals surface area contributed by atoms with Gasteiger partial charge in [-0.05, 0) is 70.0 Å². The van der Waals surface area contributed by atoms with Crippen LogP contribution >= 0.6 is 11.3 Å². The molecular formula is C21H30N4O3S. The second-order valence-corrected chi connectivity index (χ2v) is 9.08. The summed E-state index contributed by atoms with van der Waals surface area (Å²) in [6.45, 7) is 9.07. The molecule has 0 saturated carbocycles. The van der Waals surface area contributed by atoms with Gasteiger partial charge in [0.1, 0.15) is 16.5 Å². The summed E-state index contributed by atoms with van der Waals surface area (Å²) in [5.41, 5.74) is -1.05. The Hall–Kier alpha value is -2.19. The zero-order valence-electron chi connectivity index (χ0n) is 17.6. The Balaban J connectivity index is 1.50. The topological polar surface area (TPSA) is 76.6 Å². The normalized spacial score (nSPS) is 15.9. The molecule has 1 fully saturated rings. The van der Waals surface area contributed by atoms with Crippen LogP contribution in [0.25, 0.3) is 0 Å². The molecule has 1 aliphatic heterocycles. The van der Waals surface area contributed by atoms with Gasteiger partial charge in [0.2, 0.25) is 5.13 Å². The lowest BCUT2D eigenvalue weighted by Crippen LogP contribution is -2.42. The first kappa shape index (κ1) is 21.5. The van der Waals surface area contributed by atoms with Crippen LogP contribution in [0.5, 0.6) is 11.5 Å². The molecule has 3 rings (SSSR count). The van der Waals surface area contributed by atoms with E-state index in [1.807, 2.05) is 0 Å². The van der Waals surface area contributed by atoms with Gasteiger partial charge in [-0.1, -0.05) is 18.3 Å². The lowest BCUT2D eigenvalue weighted by Gasteiger charge is -2.29. The van der Waals surface area contributed by atoms with E-state index >= 15 is 0 Å². The number of hydrogen-bond acceptors (Lipinski definition) is 7. The van der Waals surface area contributed by atoms with Gasteiger partial charge in [0, 0.05) is 13.0 Å². The van der Waals surface area contributed by atoms with Gasteiger partial charge in [-0.3, -0.25) is 10.1 Å². The quantitative estimate of drug-likeness (QED) is 0.706. The SMILES string of the molecule is COc1ccc(OC(C)(C)C(=O)Nc2nnc(CCN3CCC(C)CC3)s2)cc1. The summed E-state index contributed by atoms with van der Waals surface area (Å²) in [6, 6.07) is 7.14. The first-order valence-electron chi connectivity index (χ1n) is 10.0. The number of amides is 1. The van der Waals surface area contributed by atoms with Crippen molar-refractivity contribution in [1.29, 1.82) is 0 Å². The summed E-state index contributed by atoms with van der Waals surface area (Å²) >= 11 is 1.42. The number of rotatable bonds is 8. The summed E-state index contributed by atoms with van der Waals surface area (Å²) in [4.78, 5) is 15.2. The molecule has 1 aliphatic rings. The number of carbonyl (C=O) groups excluding carboxylic acids is 1. The maximum absolute atomic E-state index is 12.7. The molecular weight excluding hydrogens is 388 g/mol. The first-order chi connectivity index (χ1) is 13.9. The third-order valence-corrected chi connectivity index (χ3v) is 6.08. The molecule has 2 aromatic rings. The van der Waals surface area contributed by atoms with Crippen molar-refractivity contribution in [2.24, 2.45) is 5.92 Å². The van der Waals surface area contributed by atoms with Gasteiger partial charge in [-0.25, -0.2) is 0 Å². The van der Waals surface area contributed by atoms with Crippen molar-refractivity contribution in [3.8, 4) is 11.5 Å². The number of ether oxygens (including phenoxy) is 2. The number of benzene rings is 1. The number of nitrogens with one attached hydrogen (secondary N) is 1. The van der Waals surface area contributed by atoms with Gasteiger partial charge in [-0.15, -0.1) is 10.2 Å². The molecule has 2 heterocycles. The molecule has 1 saturated heterocycles. The van der Waals surface area contributed by atoms with Gasteiger partial charge >= 0.3 is 0 Å². The molecule has 158 valence electrons. The van der Waals surface area contributed by atoms with E-state index in [4.69, 9.17) is 9.47 Å². The molecule has 0 spiro atoms.